The molecule has 2 fully saturated rings. The molecule has 0 saturated carbocycles. The largest absolute Gasteiger partial charge is 0.363 e. The summed E-state index contributed by atoms with van der Waals surface area (Å²) in [6.07, 6.45) is 3.13. The van der Waals surface area contributed by atoms with Gasteiger partial charge in [0.1, 0.15) is 6.10 Å². The minimum Gasteiger partial charge on any atom is -0.363 e. The number of aromatic nitrogens is 4. The summed E-state index contributed by atoms with van der Waals surface area (Å²) in [7, 11) is 0. The van der Waals surface area contributed by atoms with Gasteiger partial charge in [-0.2, -0.15) is 9.97 Å². The number of carbonyl (C=O) groups is 1. The van der Waals surface area contributed by atoms with E-state index in [-0.39, 0.29) is 24.3 Å². The molecule has 140 valence electrons. The van der Waals surface area contributed by atoms with Crippen molar-refractivity contribution in [1.29, 1.82) is 0 Å². The number of nitrogens with one attached hydrogen (secondary N) is 1. The van der Waals surface area contributed by atoms with E-state index in [0.29, 0.717) is 36.5 Å². The number of rotatable bonds is 4. The molecule has 10 heteroatoms. The number of aryl methyl sites for hydroxylation is 2. The molecule has 0 aliphatic carbocycles. The molecule has 26 heavy (non-hydrogen) atoms. The van der Waals surface area contributed by atoms with Gasteiger partial charge < -0.3 is 24.0 Å². The molecule has 0 aromatic carbocycles. The first-order valence-electron chi connectivity index (χ1n) is 8.90. The Labute approximate surface area is 150 Å². The Kier molecular flexibility index (Phi) is 4.58. The Morgan fingerprint density at radius 3 is 2.81 bits per heavy atom. The first kappa shape index (κ1) is 17.0. The lowest BCUT2D eigenvalue weighted by atomic mass is 10.2. The van der Waals surface area contributed by atoms with Gasteiger partial charge >= 0.3 is 6.03 Å². The number of likely N-dealkylation sites (tertiary alicyclic amines) is 1. The molecule has 1 unspecified atom stereocenters. The van der Waals surface area contributed by atoms with Gasteiger partial charge in [-0.3, -0.25) is 0 Å². The molecule has 10 nitrogen and oxygen atoms in total. The Morgan fingerprint density at radius 2 is 2.08 bits per heavy atom. The SMILES string of the molecule is Cc1noc([C@@H]2CC[C@H](CNC(=O)N3CCCC3c3noc(C)n3)O2)n1. The summed E-state index contributed by atoms with van der Waals surface area (Å²) in [5.41, 5.74) is 0. The van der Waals surface area contributed by atoms with Gasteiger partial charge in [0.15, 0.2) is 11.6 Å². The summed E-state index contributed by atoms with van der Waals surface area (Å²) in [6.45, 7) is 4.64. The first-order valence-corrected chi connectivity index (χ1v) is 8.90. The van der Waals surface area contributed by atoms with Crippen molar-refractivity contribution in [2.45, 2.75) is 57.8 Å². The van der Waals surface area contributed by atoms with E-state index in [0.717, 1.165) is 25.7 Å². The lowest BCUT2D eigenvalue weighted by Gasteiger charge is -2.23. The number of ether oxygens (including phenoxy) is 1. The second-order valence-electron chi connectivity index (χ2n) is 6.71. The van der Waals surface area contributed by atoms with Crippen molar-refractivity contribution in [3.8, 4) is 0 Å². The smallest absolute Gasteiger partial charge is 0.318 e. The average molecular weight is 362 g/mol. The highest BCUT2D eigenvalue weighted by molar-refractivity contribution is 5.75. The van der Waals surface area contributed by atoms with E-state index in [1.54, 1.807) is 18.7 Å². The quantitative estimate of drug-likeness (QED) is 0.875. The zero-order valence-electron chi connectivity index (χ0n) is 14.8. The summed E-state index contributed by atoms with van der Waals surface area (Å²) in [5.74, 6) is 2.17. The summed E-state index contributed by atoms with van der Waals surface area (Å²) in [4.78, 5) is 22.8. The van der Waals surface area contributed by atoms with Gasteiger partial charge in [0.25, 0.3) is 5.89 Å². The highest BCUT2D eigenvalue weighted by Crippen LogP contribution is 2.32. The van der Waals surface area contributed by atoms with Gasteiger partial charge in [-0.1, -0.05) is 10.3 Å². The monoisotopic (exact) mass is 362 g/mol. The lowest BCUT2D eigenvalue weighted by Crippen LogP contribution is -2.42. The van der Waals surface area contributed by atoms with Crippen molar-refractivity contribution in [3.05, 3.63) is 23.4 Å². The predicted octanol–water partition coefficient (Wildman–Crippen LogP) is 1.84. The van der Waals surface area contributed by atoms with Gasteiger partial charge in [0.2, 0.25) is 5.89 Å². The predicted molar refractivity (Wildman–Crippen MR) is 87.0 cm³/mol. The third kappa shape index (κ3) is 3.41. The van der Waals surface area contributed by atoms with E-state index < -0.39 is 0 Å². The van der Waals surface area contributed by atoms with Gasteiger partial charge in [-0.25, -0.2) is 4.79 Å². The molecule has 4 heterocycles. The second-order valence-corrected chi connectivity index (χ2v) is 6.71. The number of amides is 2. The Hall–Kier alpha value is -2.49. The molecule has 0 spiro atoms. The van der Waals surface area contributed by atoms with Crippen molar-refractivity contribution in [1.82, 2.24) is 30.5 Å². The van der Waals surface area contributed by atoms with Crippen LogP contribution in [0, 0.1) is 13.8 Å². The molecule has 2 aromatic heterocycles. The molecular formula is C16H22N6O4. The molecule has 1 N–H and O–H groups in total. The highest BCUT2D eigenvalue weighted by atomic mass is 16.5. The molecule has 2 saturated heterocycles. The van der Waals surface area contributed by atoms with Crippen LogP contribution in [0.4, 0.5) is 4.79 Å². The molecule has 3 atom stereocenters. The third-order valence-electron chi connectivity index (χ3n) is 4.76. The Morgan fingerprint density at radius 1 is 1.19 bits per heavy atom. The fraction of sp³-hybridized carbons (Fsp3) is 0.688. The van der Waals surface area contributed by atoms with Crippen LogP contribution in [0.2, 0.25) is 0 Å². The summed E-state index contributed by atoms with van der Waals surface area (Å²) in [6, 6.07) is -0.262. The molecule has 2 amide bonds. The van der Waals surface area contributed by atoms with Crippen LogP contribution >= 0.6 is 0 Å². The molecule has 2 aliphatic rings. The number of hydrogen-bond acceptors (Lipinski definition) is 8. The van der Waals surface area contributed by atoms with Crippen molar-refractivity contribution >= 4 is 6.03 Å². The number of carbonyl (C=O) groups excluding carboxylic acids is 1. The topological polar surface area (TPSA) is 119 Å². The van der Waals surface area contributed by atoms with Crippen LogP contribution in [0.5, 0.6) is 0 Å². The molecular weight excluding hydrogens is 340 g/mol. The van der Waals surface area contributed by atoms with Gasteiger partial charge in [0, 0.05) is 20.0 Å². The van der Waals surface area contributed by atoms with E-state index in [4.69, 9.17) is 13.8 Å². The van der Waals surface area contributed by atoms with Crippen molar-refractivity contribution in [2.24, 2.45) is 0 Å². The number of nitrogens with zero attached hydrogens (tertiary/aromatic N) is 5. The molecule has 0 radical (unpaired) electrons. The average Bonchev–Trinajstić information content (AvgIpc) is 3.39. The van der Waals surface area contributed by atoms with Crippen molar-refractivity contribution in [3.63, 3.8) is 0 Å². The maximum absolute atomic E-state index is 12.6. The van der Waals surface area contributed by atoms with Gasteiger partial charge in [-0.05, 0) is 32.6 Å². The maximum Gasteiger partial charge on any atom is 0.318 e. The summed E-state index contributed by atoms with van der Waals surface area (Å²) >= 11 is 0. The minimum atomic E-state index is -0.194. The van der Waals surface area contributed by atoms with Crippen LogP contribution in [-0.2, 0) is 4.74 Å². The maximum atomic E-state index is 12.6. The lowest BCUT2D eigenvalue weighted by molar-refractivity contribution is 0.0270. The van der Waals surface area contributed by atoms with E-state index >= 15 is 0 Å². The minimum absolute atomic E-state index is 0.0652. The van der Waals surface area contributed by atoms with Gasteiger partial charge in [0.05, 0.1) is 12.1 Å². The summed E-state index contributed by atoms with van der Waals surface area (Å²) < 4.78 is 16.1. The van der Waals surface area contributed by atoms with Crippen LogP contribution in [0.3, 0.4) is 0 Å². The van der Waals surface area contributed by atoms with Gasteiger partial charge in [-0.15, -0.1) is 0 Å². The standard InChI is InChI=1S/C16H22N6O4/c1-9-18-15(26-20-9)13-6-5-11(24-13)8-17-16(23)22-7-3-4-12(22)14-19-10(2)25-21-14/h11-13H,3-8H2,1-2H3,(H,17,23)/t11-,12?,13+/m1/s1. The van der Waals surface area contributed by atoms with Crippen LogP contribution < -0.4 is 5.32 Å². The van der Waals surface area contributed by atoms with Crippen LogP contribution in [0.15, 0.2) is 9.05 Å². The zero-order valence-corrected chi connectivity index (χ0v) is 14.8. The second kappa shape index (κ2) is 7.02. The van der Waals surface area contributed by atoms with Crippen LogP contribution in [0.25, 0.3) is 0 Å². The van der Waals surface area contributed by atoms with E-state index in [1.165, 1.54) is 0 Å². The Balaban J connectivity index is 1.30. The van der Waals surface area contributed by atoms with Crippen LogP contribution in [0.1, 0.15) is 61.3 Å². The zero-order chi connectivity index (χ0) is 18.1. The first-order chi connectivity index (χ1) is 12.6. The molecule has 0 bridgehead atoms. The van der Waals surface area contributed by atoms with E-state index in [2.05, 4.69) is 25.6 Å². The highest BCUT2D eigenvalue weighted by Gasteiger charge is 2.35. The van der Waals surface area contributed by atoms with Crippen LogP contribution in [-0.4, -0.2) is 50.4 Å². The number of hydrogen-bond donors (Lipinski definition) is 1. The van der Waals surface area contributed by atoms with E-state index in [9.17, 15) is 4.79 Å². The normalized spacial score (nSPS) is 25.8. The van der Waals surface area contributed by atoms with E-state index in [1.807, 2.05) is 0 Å². The summed E-state index contributed by atoms with van der Waals surface area (Å²) in [5, 5.41) is 10.7. The fourth-order valence-corrected chi connectivity index (χ4v) is 3.51. The fourth-order valence-electron chi connectivity index (χ4n) is 3.51. The molecule has 2 aliphatic heterocycles. The number of urea groups is 1. The van der Waals surface area contributed by atoms with Crippen molar-refractivity contribution < 1.29 is 18.6 Å². The molecule has 4 rings (SSSR count). The Bertz CT molecular complexity index is 774. The van der Waals surface area contributed by atoms with Crippen molar-refractivity contribution in [2.75, 3.05) is 13.1 Å². The molecule has 2 aromatic rings. The third-order valence-corrected chi connectivity index (χ3v) is 4.76.